The highest BCUT2D eigenvalue weighted by Gasteiger charge is 2.15. The van der Waals surface area contributed by atoms with Crippen LogP contribution in [-0.4, -0.2) is 21.7 Å². The van der Waals surface area contributed by atoms with E-state index in [9.17, 15) is 0 Å². The fourth-order valence-electron chi connectivity index (χ4n) is 2.24. The van der Waals surface area contributed by atoms with Crippen molar-refractivity contribution in [2.45, 2.75) is 6.92 Å². The lowest BCUT2D eigenvalue weighted by molar-refractivity contribution is 0.413. The van der Waals surface area contributed by atoms with Gasteiger partial charge in [-0.1, -0.05) is 18.2 Å². The molecule has 2 aromatic heterocycles. The van der Waals surface area contributed by atoms with Crippen molar-refractivity contribution >= 4 is 11.5 Å². The number of hydrogen-bond donors (Lipinski definition) is 1. The molecule has 0 atom stereocenters. The van der Waals surface area contributed by atoms with Gasteiger partial charge in [-0.05, 0) is 30.7 Å². The van der Waals surface area contributed by atoms with E-state index >= 15 is 0 Å². The number of fused-ring (bicyclic) bond motifs is 1. The SMILES string of the molecule is COc1c(C)cccc1-c1nnc2cccc(N)n12. The monoisotopic (exact) mass is 254 g/mol. The lowest BCUT2D eigenvalue weighted by atomic mass is 10.1. The Bertz CT molecular complexity index is 748. The zero-order valence-corrected chi connectivity index (χ0v) is 10.8. The van der Waals surface area contributed by atoms with Crippen LogP contribution in [0.15, 0.2) is 36.4 Å². The van der Waals surface area contributed by atoms with Crippen LogP contribution < -0.4 is 10.5 Å². The first kappa shape index (κ1) is 11.5. The molecule has 0 unspecified atom stereocenters. The van der Waals surface area contributed by atoms with Crippen molar-refractivity contribution in [3.05, 3.63) is 42.0 Å². The van der Waals surface area contributed by atoms with Crippen LogP contribution in [-0.2, 0) is 0 Å². The van der Waals surface area contributed by atoms with Gasteiger partial charge < -0.3 is 10.5 Å². The number of methoxy groups -OCH3 is 1. The van der Waals surface area contributed by atoms with Gasteiger partial charge in [0.05, 0.1) is 12.7 Å². The summed E-state index contributed by atoms with van der Waals surface area (Å²) >= 11 is 0. The van der Waals surface area contributed by atoms with Crippen LogP contribution in [0.4, 0.5) is 5.82 Å². The van der Waals surface area contributed by atoms with Crippen LogP contribution in [0.2, 0.25) is 0 Å². The first-order valence-corrected chi connectivity index (χ1v) is 5.96. The van der Waals surface area contributed by atoms with Gasteiger partial charge in [-0.15, -0.1) is 10.2 Å². The van der Waals surface area contributed by atoms with E-state index in [1.807, 2.05) is 47.7 Å². The van der Waals surface area contributed by atoms with E-state index in [-0.39, 0.29) is 0 Å². The quantitative estimate of drug-likeness (QED) is 0.762. The largest absolute Gasteiger partial charge is 0.496 e. The van der Waals surface area contributed by atoms with Gasteiger partial charge in [-0.3, -0.25) is 4.40 Å². The number of nitrogens with zero attached hydrogens (tertiary/aromatic N) is 3. The summed E-state index contributed by atoms with van der Waals surface area (Å²) in [6.45, 7) is 1.99. The number of hydrogen-bond acceptors (Lipinski definition) is 4. The summed E-state index contributed by atoms with van der Waals surface area (Å²) in [7, 11) is 1.65. The van der Waals surface area contributed by atoms with E-state index in [4.69, 9.17) is 10.5 Å². The van der Waals surface area contributed by atoms with Crippen LogP contribution >= 0.6 is 0 Å². The molecule has 19 heavy (non-hydrogen) atoms. The minimum absolute atomic E-state index is 0.598. The summed E-state index contributed by atoms with van der Waals surface area (Å²) in [5.41, 5.74) is 8.66. The number of aryl methyl sites for hydroxylation is 1. The Hall–Kier alpha value is -2.56. The molecule has 0 saturated heterocycles. The maximum absolute atomic E-state index is 6.01. The Kier molecular flexibility index (Phi) is 2.59. The molecular formula is C14H14N4O. The Morgan fingerprint density at radius 3 is 2.68 bits per heavy atom. The van der Waals surface area contributed by atoms with Crippen LogP contribution in [0.1, 0.15) is 5.56 Å². The Morgan fingerprint density at radius 1 is 1.11 bits per heavy atom. The number of aromatic nitrogens is 3. The second-order valence-electron chi connectivity index (χ2n) is 4.32. The Morgan fingerprint density at radius 2 is 1.89 bits per heavy atom. The number of rotatable bonds is 2. The van der Waals surface area contributed by atoms with E-state index in [0.29, 0.717) is 11.6 Å². The molecule has 0 fully saturated rings. The maximum Gasteiger partial charge on any atom is 0.173 e. The van der Waals surface area contributed by atoms with Crippen molar-refractivity contribution in [2.24, 2.45) is 0 Å². The average molecular weight is 254 g/mol. The third-order valence-corrected chi connectivity index (χ3v) is 3.12. The third-order valence-electron chi connectivity index (χ3n) is 3.12. The fourth-order valence-corrected chi connectivity index (χ4v) is 2.24. The highest BCUT2D eigenvalue weighted by molar-refractivity contribution is 5.70. The number of nitrogens with two attached hydrogens (primary N) is 1. The van der Waals surface area contributed by atoms with Crippen LogP contribution in [0, 0.1) is 6.92 Å². The molecule has 0 aliphatic rings. The first-order chi connectivity index (χ1) is 9.22. The van der Waals surface area contributed by atoms with Crippen molar-refractivity contribution in [3.8, 4) is 17.1 Å². The van der Waals surface area contributed by atoms with Crippen molar-refractivity contribution in [3.63, 3.8) is 0 Å². The molecule has 0 saturated carbocycles. The van der Waals surface area contributed by atoms with Gasteiger partial charge >= 0.3 is 0 Å². The van der Waals surface area contributed by atoms with Gasteiger partial charge in [0, 0.05) is 0 Å². The lowest BCUT2D eigenvalue weighted by Crippen LogP contribution is -2.00. The minimum atomic E-state index is 0.598. The highest BCUT2D eigenvalue weighted by atomic mass is 16.5. The molecule has 5 nitrogen and oxygen atoms in total. The Labute approximate surface area is 110 Å². The topological polar surface area (TPSA) is 65.4 Å². The molecule has 0 aliphatic heterocycles. The summed E-state index contributed by atoms with van der Waals surface area (Å²) in [5, 5.41) is 8.37. The van der Waals surface area contributed by atoms with Crippen molar-refractivity contribution < 1.29 is 4.74 Å². The Balaban J connectivity index is 2.34. The van der Waals surface area contributed by atoms with Gasteiger partial charge in [-0.25, -0.2) is 0 Å². The predicted molar refractivity (Wildman–Crippen MR) is 74.1 cm³/mol. The number of anilines is 1. The van der Waals surface area contributed by atoms with Gasteiger partial charge in [0.15, 0.2) is 11.5 Å². The second kappa shape index (κ2) is 4.28. The predicted octanol–water partition coefficient (Wildman–Crippen LogP) is 2.30. The molecule has 3 aromatic rings. The molecule has 96 valence electrons. The number of pyridine rings is 1. The van der Waals surface area contributed by atoms with Gasteiger partial charge in [0.1, 0.15) is 11.6 Å². The number of nitrogen functional groups attached to an aromatic ring is 1. The molecule has 0 bridgehead atoms. The maximum atomic E-state index is 6.01. The smallest absolute Gasteiger partial charge is 0.173 e. The number of benzene rings is 1. The first-order valence-electron chi connectivity index (χ1n) is 5.96. The van der Waals surface area contributed by atoms with Crippen molar-refractivity contribution in [1.29, 1.82) is 0 Å². The van der Waals surface area contributed by atoms with E-state index in [1.54, 1.807) is 7.11 Å². The molecule has 2 N–H and O–H groups in total. The highest BCUT2D eigenvalue weighted by Crippen LogP contribution is 2.32. The number of para-hydroxylation sites is 1. The van der Waals surface area contributed by atoms with Crippen molar-refractivity contribution in [2.75, 3.05) is 12.8 Å². The molecule has 5 heteroatoms. The molecule has 0 amide bonds. The molecule has 0 aliphatic carbocycles. The van der Waals surface area contributed by atoms with E-state index in [2.05, 4.69) is 10.2 Å². The zero-order valence-electron chi connectivity index (χ0n) is 10.8. The minimum Gasteiger partial charge on any atom is -0.496 e. The summed E-state index contributed by atoms with van der Waals surface area (Å²) in [6, 6.07) is 11.5. The van der Waals surface area contributed by atoms with Crippen LogP contribution in [0.25, 0.3) is 17.0 Å². The van der Waals surface area contributed by atoms with Gasteiger partial charge in [-0.2, -0.15) is 0 Å². The van der Waals surface area contributed by atoms with E-state index < -0.39 is 0 Å². The second-order valence-corrected chi connectivity index (χ2v) is 4.32. The fraction of sp³-hybridized carbons (Fsp3) is 0.143. The zero-order chi connectivity index (χ0) is 13.4. The van der Waals surface area contributed by atoms with Gasteiger partial charge in [0.25, 0.3) is 0 Å². The molecule has 3 rings (SSSR count). The van der Waals surface area contributed by atoms with Crippen molar-refractivity contribution in [1.82, 2.24) is 14.6 Å². The van der Waals surface area contributed by atoms with Crippen LogP contribution in [0.5, 0.6) is 5.75 Å². The summed E-state index contributed by atoms with van der Waals surface area (Å²) in [6.07, 6.45) is 0. The summed E-state index contributed by atoms with van der Waals surface area (Å²) in [4.78, 5) is 0. The molecular weight excluding hydrogens is 240 g/mol. The van der Waals surface area contributed by atoms with E-state index in [0.717, 1.165) is 22.5 Å². The molecule has 1 aromatic carbocycles. The van der Waals surface area contributed by atoms with E-state index in [1.165, 1.54) is 0 Å². The lowest BCUT2D eigenvalue weighted by Gasteiger charge is -2.10. The normalized spacial score (nSPS) is 10.8. The van der Waals surface area contributed by atoms with Gasteiger partial charge in [0.2, 0.25) is 0 Å². The standard InChI is InChI=1S/C14H14N4O/c1-9-5-3-6-10(13(9)19-2)14-17-16-12-8-4-7-11(15)18(12)14/h3-8H,15H2,1-2H3. The third kappa shape index (κ3) is 1.71. The average Bonchev–Trinajstić information content (AvgIpc) is 2.83. The molecule has 2 heterocycles. The summed E-state index contributed by atoms with van der Waals surface area (Å²) in [5.74, 6) is 2.08. The van der Waals surface area contributed by atoms with Crippen LogP contribution in [0.3, 0.4) is 0 Å². The molecule has 0 radical (unpaired) electrons. The molecule has 0 spiro atoms. The number of ether oxygens (including phenoxy) is 1. The summed E-state index contributed by atoms with van der Waals surface area (Å²) < 4.78 is 7.28.